The fourth-order valence-electron chi connectivity index (χ4n) is 2.13. The standard InChI is InChI=1S/C15H21FN4/c1-3-7-17-10-12-5-6-14(16)13(9-12)15-11-18-19-20(15)8-4-2/h5-6,9,11,17H,3-4,7-8,10H2,1-2H3. The van der Waals surface area contributed by atoms with Crippen molar-refractivity contribution in [2.75, 3.05) is 6.54 Å². The molecule has 2 rings (SSSR count). The molecule has 0 amide bonds. The molecule has 1 heterocycles. The van der Waals surface area contributed by atoms with E-state index in [1.165, 1.54) is 6.07 Å². The van der Waals surface area contributed by atoms with E-state index in [1.807, 2.05) is 12.1 Å². The van der Waals surface area contributed by atoms with Crippen LogP contribution in [-0.2, 0) is 13.1 Å². The Bertz CT molecular complexity index is 551. The zero-order valence-electron chi connectivity index (χ0n) is 12.1. The van der Waals surface area contributed by atoms with Gasteiger partial charge in [-0.25, -0.2) is 9.07 Å². The molecule has 4 nitrogen and oxygen atoms in total. The van der Waals surface area contributed by atoms with Crippen LogP contribution in [0.25, 0.3) is 11.3 Å². The van der Waals surface area contributed by atoms with Crippen LogP contribution in [0.1, 0.15) is 32.3 Å². The summed E-state index contributed by atoms with van der Waals surface area (Å²) in [6.07, 6.45) is 3.65. The second-order valence-corrected chi connectivity index (χ2v) is 4.83. The Balaban J connectivity index is 2.25. The van der Waals surface area contributed by atoms with Crippen LogP contribution in [0.4, 0.5) is 4.39 Å². The van der Waals surface area contributed by atoms with Crippen LogP contribution in [0.15, 0.2) is 24.4 Å². The van der Waals surface area contributed by atoms with Crippen molar-refractivity contribution in [3.63, 3.8) is 0 Å². The summed E-state index contributed by atoms with van der Waals surface area (Å²) < 4.78 is 15.8. The van der Waals surface area contributed by atoms with E-state index in [9.17, 15) is 4.39 Å². The lowest BCUT2D eigenvalue weighted by Gasteiger charge is -2.09. The van der Waals surface area contributed by atoms with Crippen molar-refractivity contribution in [2.45, 2.75) is 39.8 Å². The fraction of sp³-hybridized carbons (Fsp3) is 0.467. The maximum Gasteiger partial charge on any atom is 0.132 e. The molecule has 108 valence electrons. The van der Waals surface area contributed by atoms with Crippen LogP contribution >= 0.6 is 0 Å². The summed E-state index contributed by atoms with van der Waals surface area (Å²) in [5.41, 5.74) is 2.38. The van der Waals surface area contributed by atoms with Gasteiger partial charge < -0.3 is 5.32 Å². The average molecular weight is 276 g/mol. The topological polar surface area (TPSA) is 42.7 Å². The van der Waals surface area contributed by atoms with Crippen LogP contribution in [0.3, 0.4) is 0 Å². The summed E-state index contributed by atoms with van der Waals surface area (Å²) in [4.78, 5) is 0. The highest BCUT2D eigenvalue weighted by Crippen LogP contribution is 2.23. The zero-order chi connectivity index (χ0) is 14.4. The molecule has 0 radical (unpaired) electrons. The first-order valence-corrected chi connectivity index (χ1v) is 7.14. The van der Waals surface area contributed by atoms with Crippen molar-refractivity contribution >= 4 is 0 Å². The third-order valence-electron chi connectivity index (χ3n) is 3.12. The first-order valence-electron chi connectivity index (χ1n) is 7.14. The molecule has 0 fully saturated rings. The number of nitrogens with one attached hydrogen (secondary N) is 1. The molecule has 5 heteroatoms. The Morgan fingerprint density at radius 1 is 1.25 bits per heavy atom. The first kappa shape index (κ1) is 14.7. The van der Waals surface area contributed by atoms with Crippen LogP contribution in [0.2, 0.25) is 0 Å². The predicted octanol–water partition coefficient (Wildman–Crippen LogP) is 2.99. The minimum atomic E-state index is -0.233. The molecule has 0 atom stereocenters. The molecular formula is C15H21FN4. The fourth-order valence-corrected chi connectivity index (χ4v) is 2.13. The first-order chi connectivity index (χ1) is 9.76. The molecule has 20 heavy (non-hydrogen) atoms. The highest BCUT2D eigenvalue weighted by molar-refractivity contribution is 5.60. The summed E-state index contributed by atoms with van der Waals surface area (Å²) >= 11 is 0. The number of nitrogens with zero attached hydrogens (tertiary/aromatic N) is 3. The van der Waals surface area contributed by atoms with Gasteiger partial charge in [-0.3, -0.25) is 0 Å². The van der Waals surface area contributed by atoms with E-state index >= 15 is 0 Å². The monoisotopic (exact) mass is 276 g/mol. The van der Waals surface area contributed by atoms with E-state index < -0.39 is 0 Å². The van der Waals surface area contributed by atoms with Crippen LogP contribution in [0.5, 0.6) is 0 Å². The van der Waals surface area contributed by atoms with E-state index in [0.29, 0.717) is 5.56 Å². The summed E-state index contributed by atoms with van der Waals surface area (Å²) in [5.74, 6) is -0.233. The van der Waals surface area contributed by atoms with Gasteiger partial charge in [0.1, 0.15) is 5.82 Å². The maximum absolute atomic E-state index is 14.1. The second-order valence-electron chi connectivity index (χ2n) is 4.83. The van der Waals surface area contributed by atoms with Crippen LogP contribution in [0, 0.1) is 5.82 Å². The van der Waals surface area contributed by atoms with Crippen molar-refractivity contribution in [1.82, 2.24) is 20.3 Å². The summed E-state index contributed by atoms with van der Waals surface area (Å²) in [6, 6.07) is 5.21. The molecule has 0 unspecified atom stereocenters. The molecule has 1 N–H and O–H groups in total. The molecule has 0 aliphatic carbocycles. The van der Waals surface area contributed by atoms with Gasteiger partial charge in [0, 0.05) is 18.7 Å². The van der Waals surface area contributed by atoms with Crippen LogP contribution < -0.4 is 5.32 Å². The lowest BCUT2D eigenvalue weighted by molar-refractivity contribution is 0.578. The third kappa shape index (κ3) is 3.42. The number of benzene rings is 1. The van der Waals surface area contributed by atoms with E-state index in [2.05, 4.69) is 29.5 Å². The molecule has 0 aliphatic rings. The van der Waals surface area contributed by atoms with Crippen molar-refractivity contribution < 1.29 is 4.39 Å². The molecule has 0 aliphatic heterocycles. The van der Waals surface area contributed by atoms with E-state index in [0.717, 1.165) is 43.7 Å². The van der Waals surface area contributed by atoms with Gasteiger partial charge in [-0.1, -0.05) is 25.1 Å². The molecule has 0 saturated heterocycles. The number of aromatic nitrogens is 3. The second kappa shape index (κ2) is 7.14. The van der Waals surface area contributed by atoms with Gasteiger partial charge in [0.15, 0.2) is 0 Å². The lowest BCUT2D eigenvalue weighted by atomic mass is 10.1. The van der Waals surface area contributed by atoms with Gasteiger partial charge in [-0.2, -0.15) is 0 Å². The smallest absolute Gasteiger partial charge is 0.132 e. The molecule has 0 spiro atoms. The van der Waals surface area contributed by atoms with Crippen molar-refractivity contribution in [3.8, 4) is 11.3 Å². The van der Waals surface area contributed by atoms with Gasteiger partial charge in [0.2, 0.25) is 0 Å². The van der Waals surface area contributed by atoms with Gasteiger partial charge in [0.25, 0.3) is 0 Å². The predicted molar refractivity (Wildman–Crippen MR) is 77.7 cm³/mol. The van der Waals surface area contributed by atoms with E-state index in [1.54, 1.807) is 10.9 Å². The maximum atomic E-state index is 14.1. The number of hydrogen-bond donors (Lipinski definition) is 1. The van der Waals surface area contributed by atoms with E-state index in [-0.39, 0.29) is 5.82 Å². The minimum absolute atomic E-state index is 0.233. The summed E-state index contributed by atoms with van der Waals surface area (Å²) in [6.45, 7) is 6.64. The minimum Gasteiger partial charge on any atom is -0.313 e. The Hall–Kier alpha value is -1.75. The SMILES string of the molecule is CCCNCc1ccc(F)c(-c2cnnn2CCC)c1. The number of hydrogen-bond acceptors (Lipinski definition) is 3. The van der Waals surface area contributed by atoms with Gasteiger partial charge in [-0.05, 0) is 37.1 Å². The average Bonchev–Trinajstić information content (AvgIpc) is 2.89. The van der Waals surface area contributed by atoms with Crippen molar-refractivity contribution in [2.24, 2.45) is 0 Å². The molecule has 0 saturated carbocycles. The molecule has 2 aromatic rings. The number of rotatable bonds is 7. The quantitative estimate of drug-likeness (QED) is 0.791. The van der Waals surface area contributed by atoms with Crippen molar-refractivity contribution in [1.29, 1.82) is 0 Å². The lowest BCUT2D eigenvalue weighted by Crippen LogP contribution is -2.14. The molecular weight excluding hydrogens is 255 g/mol. The van der Waals surface area contributed by atoms with Crippen molar-refractivity contribution in [3.05, 3.63) is 35.8 Å². The Kier molecular flexibility index (Phi) is 5.24. The highest BCUT2D eigenvalue weighted by atomic mass is 19.1. The normalized spacial score (nSPS) is 10.9. The Labute approximate surface area is 119 Å². The van der Waals surface area contributed by atoms with Gasteiger partial charge in [0.05, 0.1) is 11.9 Å². The number of halogens is 1. The van der Waals surface area contributed by atoms with Gasteiger partial charge in [-0.15, -0.1) is 5.10 Å². The number of aryl methyl sites for hydroxylation is 1. The van der Waals surface area contributed by atoms with Gasteiger partial charge >= 0.3 is 0 Å². The summed E-state index contributed by atoms with van der Waals surface area (Å²) in [7, 11) is 0. The zero-order valence-corrected chi connectivity index (χ0v) is 12.1. The Morgan fingerprint density at radius 2 is 2.10 bits per heavy atom. The molecule has 1 aromatic carbocycles. The van der Waals surface area contributed by atoms with E-state index in [4.69, 9.17) is 0 Å². The molecule has 1 aromatic heterocycles. The third-order valence-corrected chi connectivity index (χ3v) is 3.12. The molecule has 0 bridgehead atoms. The Morgan fingerprint density at radius 3 is 2.85 bits per heavy atom. The summed E-state index contributed by atoms with van der Waals surface area (Å²) in [5, 5.41) is 11.2. The highest BCUT2D eigenvalue weighted by Gasteiger charge is 2.12. The van der Waals surface area contributed by atoms with Crippen LogP contribution in [-0.4, -0.2) is 21.5 Å². The largest absolute Gasteiger partial charge is 0.313 e.